The van der Waals surface area contributed by atoms with E-state index in [-0.39, 0.29) is 5.97 Å². The van der Waals surface area contributed by atoms with Crippen LogP contribution in [-0.2, 0) is 4.74 Å². The molecule has 84 valence electrons. The molecule has 2 rings (SSSR count). The van der Waals surface area contributed by atoms with E-state index < -0.39 is 0 Å². The van der Waals surface area contributed by atoms with Gasteiger partial charge < -0.3 is 14.5 Å². The van der Waals surface area contributed by atoms with Crippen molar-refractivity contribution in [2.75, 3.05) is 25.7 Å². The van der Waals surface area contributed by atoms with Crippen LogP contribution in [0.25, 0.3) is 0 Å². The summed E-state index contributed by atoms with van der Waals surface area (Å²) in [6.07, 6.45) is 4.02. The molecule has 0 atom stereocenters. The first-order valence-electron chi connectivity index (χ1n) is 5.04. The van der Waals surface area contributed by atoms with Crippen molar-refractivity contribution in [2.45, 2.75) is 0 Å². The number of anilines is 1. The zero-order valence-corrected chi connectivity index (χ0v) is 9.38. The van der Waals surface area contributed by atoms with Crippen LogP contribution in [0.4, 0.5) is 5.69 Å². The summed E-state index contributed by atoms with van der Waals surface area (Å²) in [5.74, 6) is -0.305. The van der Waals surface area contributed by atoms with Gasteiger partial charge in [-0.3, -0.25) is 0 Å². The molecule has 1 heterocycles. The highest BCUT2D eigenvalue weighted by Crippen LogP contribution is 2.19. The Morgan fingerprint density at radius 3 is 2.44 bits per heavy atom. The summed E-state index contributed by atoms with van der Waals surface area (Å²) in [6.45, 7) is 0.831. The van der Waals surface area contributed by atoms with Crippen molar-refractivity contribution in [3.8, 4) is 0 Å². The summed E-state index contributed by atoms with van der Waals surface area (Å²) >= 11 is 0. The standard InChI is InChI=1S/C12H14N2O2/c1-13-7-8-14(9-13)11-5-3-10(4-6-11)12(15)16-2/h3-8H,9H2,1-2H3. The van der Waals surface area contributed by atoms with E-state index in [1.54, 1.807) is 12.1 Å². The van der Waals surface area contributed by atoms with Gasteiger partial charge in [0.25, 0.3) is 0 Å². The summed E-state index contributed by atoms with van der Waals surface area (Å²) < 4.78 is 4.64. The first kappa shape index (κ1) is 10.5. The highest BCUT2D eigenvalue weighted by molar-refractivity contribution is 5.89. The molecule has 0 spiro atoms. The van der Waals surface area contributed by atoms with Crippen LogP contribution in [0.5, 0.6) is 0 Å². The van der Waals surface area contributed by atoms with E-state index in [9.17, 15) is 4.79 Å². The molecule has 1 aliphatic heterocycles. The molecule has 0 N–H and O–H groups in total. The molecule has 0 aromatic heterocycles. The van der Waals surface area contributed by atoms with E-state index in [4.69, 9.17) is 0 Å². The van der Waals surface area contributed by atoms with Crippen molar-refractivity contribution in [3.05, 3.63) is 42.2 Å². The van der Waals surface area contributed by atoms with Gasteiger partial charge in [-0.1, -0.05) is 0 Å². The predicted molar refractivity (Wildman–Crippen MR) is 62.0 cm³/mol. The zero-order chi connectivity index (χ0) is 11.5. The monoisotopic (exact) mass is 218 g/mol. The molecule has 0 unspecified atom stereocenters. The smallest absolute Gasteiger partial charge is 0.337 e. The first-order valence-corrected chi connectivity index (χ1v) is 5.04. The lowest BCUT2D eigenvalue weighted by atomic mass is 10.2. The molecule has 0 aliphatic carbocycles. The quantitative estimate of drug-likeness (QED) is 0.707. The van der Waals surface area contributed by atoms with Crippen LogP contribution in [-0.4, -0.2) is 31.7 Å². The van der Waals surface area contributed by atoms with Gasteiger partial charge in [0.2, 0.25) is 0 Å². The Kier molecular flexibility index (Phi) is 2.81. The van der Waals surface area contributed by atoms with E-state index in [0.717, 1.165) is 12.4 Å². The molecule has 0 saturated heterocycles. The maximum atomic E-state index is 11.2. The summed E-state index contributed by atoms with van der Waals surface area (Å²) in [7, 11) is 3.40. The van der Waals surface area contributed by atoms with E-state index in [2.05, 4.69) is 14.5 Å². The molecule has 4 nitrogen and oxygen atoms in total. The van der Waals surface area contributed by atoms with Crippen molar-refractivity contribution in [2.24, 2.45) is 0 Å². The number of benzene rings is 1. The molecule has 1 aromatic carbocycles. The Labute approximate surface area is 94.7 Å². The topological polar surface area (TPSA) is 32.8 Å². The summed E-state index contributed by atoms with van der Waals surface area (Å²) in [5.41, 5.74) is 1.64. The molecule has 16 heavy (non-hydrogen) atoms. The van der Waals surface area contributed by atoms with Gasteiger partial charge in [0, 0.05) is 25.1 Å². The fourth-order valence-electron chi connectivity index (χ4n) is 1.60. The largest absolute Gasteiger partial charge is 0.465 e. The SMILES string of the molecule is COC(=O)c1ccc(N2C=CN(C)C2)cc1. The number of rotatable bonds is 2. The van der Waals surface area contributed by atoms with Gasteiger partial charge in [-0.15, -0.1) is 0 Å². The van der Waals surface area contributed by atoms with Crippen molar-refractivity contribution in [1.82, 2.24) is 4.90 Å². The maximum absolute atomic E-state index is 11.2. The number of nitrogens with zero attached hydrogens (tertiary/aromatic N) is 2. The van der Waals surface area contributed by atoms with Crippen LogP contribution in [0.1, 0.15) is 10.4 Å². The van der Waals surface area contributed by atoms with Gasteiger partial charge in [-0.25, -0.2) is 4.79 Å². The lowest BCUT2D eigenvalue weighted by Crippen LogP contribution is -2.21. The molecule has 0 amide bonds. The zero-order valence-electron chi connectivity index (χ0n) is 9.38. The molecule has 0 radical (unpaired) electrons. The molecular weight excluding hydrogens is 204 g/mol. The van der Waals surface area contributed by atoms with Gasteiger partial charge in [0.05, 0.1) is 19.3 Å². The van der Waals surface area contributed by atoms with Crippen LogP contribution in [0.2, 0.25) is 0 Å². The predicted octanol–water partition coefficient (Wildman–Crippen LogP) is 1.65. The molecule has 1 aromatic rings. The molecule has 4 heteroatoms. The minimum atomic E-state index is -0.305. The van der Waals surface area contributed by atoms with Crippen LogP contribution in [0, 0.1) is 0 Å². The normalized spacial score (nSPS) is 14.4. The average Bonchev–Trinajstić information content (AvgIpc) is 2.75. The number of hydrogen-bond donors (Lipinski definition) is 0. The van der Waals surface area contributed by atoms with Crippen LogP contribution in [0.15, 0.2) is 36.7 Å². The van der Waals surface area contributed by atoms with E-state index in [0.29, 0.717) is 5.56 Å². The first-order chi connectivity index (χ1) is 7.70. The lowest BCUT2D eigenvalue weighted by molar-refractivity contribution is 0.0601. The summed E-state index contributed by atoms with van der Waals surface area (Å²) in [6, 6.07) is 7.37. The Bertz CT molecular complexity index is 412. The summed E-state index contributed by atoms with van der Waals surface area (Å²) in [4.78, 5) is 15.4. The molecule has 0 saturated carbocycles. The second kappa shape index (κ2) is 4.26. The Balaban J connectivity index is 2.14. The minimum absolute atomic E-state index is 0.305. The molecule has 0 bridgehead atoms. The summed E-state index contributed by atoms with van der Waals surface area (Å²) in [5, 5.41) is 0. The van der Waals surface area contributed by atoms with E-state index in [1.165, 1.54) is 7.11 Å². The minimum Gasteiger partial charge on any atom is -0.465 e. The van der Waals surface area contributed by atoms with E-state index >= 15 is 0 Å². The Hall–Kier alpha value is -1.97. The second-order valence-electron chi connectivity index (χ2n) is 3.70. The lowest BCUT2D eigenvalue weighted by Gasteiger charge is -2.18. The van der Waals surface area contributed by atoms with Gasteiger partial charge in [-0.2, -0.15) is 0 Å². The highest BCUT2D eigenvalue weighted by Gasteiger charge is 2.11. The van der Waals surface area contributed by atoms with Crippen LogP contribution < -0.4 is 4.90 Å². The number of hydrogen-bond acceptors (Lipinski definition) is 4. The van der Waals surface area contributed by atoms with Gasteiger partial charge in [0.1, 0.15) is 0 Å². The third-order valence-corrected chi connectivity index (χ3v) is 2.50. The van der Waals surface area contributed by atoms with Gasteiger partial charge in [-0.05, 0) is 24.3 Å². The number of methoxy groups -OCH3 is 1. The van der Waals surface area contributed by atoms with Crippen LogP contribution in [0.3, 0.4) is 0 Å². The van der Waals surface area contributed by atoms with E-state index in [1.807, 2.05) is 31.6 Å². The molecular formula is C12H14N2O2. The van der Waals surface area contributed by atoms with Crippen molar-refractivity contribution in [1.29, 1.82) is 0 Å². The fraction of sp³-hybridized carbons (Fsp3) is 0.250. The number of carbonyl (C=O) groups is 1. The molecule has 0 fully saturated rings. The van der Waals surface area contributed by atoms with Gasteiger partial charge >= 0.3 is 5.97 Å². The third kappa shape index (κ3) is 2.00. The Morgan fingerprint density at radius 1 is 1.25 bits per heavy atom. The number of carbonyl (C=O) groups excluding carboxylic acids is 1. The highest BCUT2D eigenvalue weighted by atomic mass is 16.5. The number of esters is 1. The molecule has 1 aliphatic rings. The average molecular weight is 218 g/mol. The maximum Gasteiger partial charge on any atom is 0.337 e. The third-order valence-electron chi connectivity index (χ3n) is 2.50. The Morgan fingerprint density at radius 2 is 1.94 bits per heavy atom. The van der Waals surface area contributed by atoms with Crippen molar-refractivity contribution >= 4 is 11.7 Å². The second-order valence-corrected chi connectivity index (χ2v) is 3.70. The van der Waals surface area contributed by atoms with Crippen molar-refractivity contribution in [3.63, 3.8) is 0 Å². The fourth-order valence-corrected chi connectivity index (χ4v) is 1.60. The van der Waals surface area contributed by atoms with Crippen LogP contribution >= 0.6 is 0 Å². The number of ether oxygens (including phenoxy) is 1. The van der Waals surface area contributed by atoms with Crippen molar-refractivity contribution < 1.29 is 9.53 Å². The van der Waals surface area contributed by atoms with Gasteiger partial charge in [0.15, 0.2) is 0 Å².